The number of halogens is 1. The summed E-state index contributed by atoms with van der Waals surface area (Å²) >= 11 is 0. The van der Waals surface area contributed by atoms with E-state index in [0.29, 0.717) is 22.4 Å². The van der Waals surface area contributed by atoms with Gasteiger partial charge in [0.2, 0.25) is 0 Å². The van der Waals surface area contributed by atoms with Gasteiger partial charge in [0.15, 0.2) is 0 Å². The molecular weight excluding hydrogens is 255 g/mol. The standard InChI is InChI=1S/C16H15FN2O/c1-11-8-12(6-7-14(11)17)16(20)10-19-15-5-3-2-4-13(15)9-18/h2-8,16,19-20H,10H2,1H3. The van der Waals surface area contributed by atoms with Crippen molar-refractivity contribution in [1.29, 1.82) is 5.26 Å². The molecule has 0 radical (unpaired) electrons. The monoisotopic (exact) mass is 270 g/mol. The molecule has 0 amide bonds. The summed E-state index contributed by atoms with van der Waals surface area (Å²) in [5.74, 6) is -0.288. The fourth-order valence-electron chi connectivity index (χ4n) is 1.93. The third kappa shape index (κ3) is 3.14. The summed E-state index contributed by atoms with van der Waals surface area (Å²) in [4.78, 5) is 0. The number of anilines is 1. The maximum Gasteiger partial charge on any atom is 0.126 e. The zero-order valence-corrected chi connectivity index (χ0v) is 11.1. The first kappa shape index (κ1) is 14.0. The number of nitrogens with one attached hydrogen (secondary N) is 1. The average Bonchev–Trinajstić information content (AvgIpc) is 2.47. The van der Waals surface area contributed by atoms with Crippen molar-refractivity contribution in [1.82, 2.24) is 0 Å². The molecule has 2 aromatic carbocycles. The second-order valence-electron chi connectivity index (χ2n) is 4.56. The van der Waals surface area contributed by atoms with Crippen molar-refractivity contribution in [2.45, 2.75) is 13.0 Å². The molecule has 2 N–H and O–H groups in total. The third-order valence-corrected chi connectivity index (χ3v) is 3.10. The van der Waals surface area contributed by atoms with Gasteiger partial charge < -0.3 is 10.4 Å². The molecule has 0 aliphatic heterocycles. The number of aliphatic hydroxyl groups is 1. The molecule has 0 saturated heterocycles. The number of aliphatic hydroxyl groups excluding tert-OH is 1. The van der Waals surface area contributed by atoms with E-state index in [1.807, 2.05) is 6.07 Å². The largest absolute Gasteiger partial charge is 0.387 e. The van der Waals surface area contributed by atoms with Gasteiger partial charge in [-0.25, -0.2) is 4.39 Å². The molecule has 2 aromatic rings. The van der Waals surface area contributed by atoms with Gasteiger partial charge in [-0.2, -0.15) is 5.26 Å². The number of nitrogens with zero attached hydrogens (tertiary/aromatic N) is 1. The minimum Gasteiger partial charge on any atom is -0.387 e. The molecule has 0 fully saturated rings. The molecule has 0 aliphatic carbocycles. The van der Waals surface area contributed by atoms with Crippen LogP contribution in [0, 0.1) is 24.1 Å². The van der Waals surface area contributed by atoms with Crippen molar-refractivity contribution in [3.8, 4) is 6.07 Å². The second kappa shape index (κ2) is 6.18. The summed E-state index contributed by atoms with van der Waals surface area (Å²) in [6.45, 7) is 1.91. The molecule has 0 bridgehead atoms. The fourth-order valence-corrected chi connectivity index (χ4v) is 1.93. The Morgan fingerprint density at radius 1 is 1.30 bits per heavy atom. The maximum atomic E-state index is 13.2. The quantitative estimate of drug-likeness (QED) is 0.897. The Kier molecular flexibility index (Phi) is 4.34. The van der Waals surface area contributed by atoms with E-state index in [4.69, 9.17) is 5.26 Å². The number of nitriles is 1. The van der Waals surface area contributed by atoms with Crippen molar-refractivity contribution in [2.75, 3.05) is 11.9 Å². The van der Waals surface area contributed by atoms with Crippen molar-refractivity contribution in [3.05, 3.63) is 65.0 Å². The maximum absolute atomic E-state index is 13.2. The predicted molar refractivity (Wildman–Crippen MR) is 75.7 cm³/mol. The van der Waals surface area contributed by atoms with Gasteiger partial charge in [-0.3, -0.25) is 0 Å². The lowest BCUT2D eigenvalue weighted by atomic mass is 10.1. The number of hydrogen-bond donors (Lipinski definition) is 2. The van der Waals surface area contributed by atoms with Crippen LogP contribution in [0.25, 0.3) is 0 Å². The van der Waals surface area contributed by atoms with E-state index >= 15 is 0 Å². The van der Waals surface area contributed by atoms with Crippen LogP contribution < -0.4 is 5.32 Å². The minimum absolute atomic E-state index is 0.254. The van der Waals surface area contributed by atoms with Gasteiger partial charge in [0.05, 0.1) is 17.4 Å². The Hall–Kier alpha value is -2.38. The summed E-state index contributed by atoms with van der Waals surface area (Å²) in [6, 6.07) is 13.7. The highest BCUT2D eigenvalue weighted by Gasteiger charge is 2.10. The second-order valence-corrected chi connectivity index (χ2v) is 4.56. The molecule has 20 heavy (non-hydrogen) atoms. The van der Waals surface area contributed by atoms with Crippen molar-refractivity contribution in [3.63, 3.8) is 0 Å². The molecule has 0 heterocycles. The summed E-state index contributed by atoms with van der Waals surface area (Å²) in [5.41, 5.74) is 2.34. The first-order valence-corrected chi connectivity index (χ1v) is 6.29. The number of aryl methyl sites for hydroxylation is 1. The van der Waals surface area contributed by atoms with Gasteiger partial charge in [0, 0.05) is 6.54 Å². The third-order valence-electron chi connectivity index (χ3n) is 3.10. The van der Waals surface area contributed by atoms with Crippen LogP contribution in [0.2, 0.25) is 0 Å². The molecule has 102 valence electrons. The zero-order valence-electron chi connectivity index (χ0n) is 11.1. The van der Waals surface area contributed by atoms with Crippen LogP contribution in [-0.4, -0.2) is 11.7 Å². The normalized spacial score (nSPS) is 11.7. The Morgan fingerprint density at radius 2 is 2.05 bits per heavy atom. The first-order valence-electron chi connectivity index (χ1n) is 6.29. The van der Waals surface area contributed by atoms with Gasteiger partial charge in [-0.1, -0.05) is 24.3 Å². The van der Waals surface area contributed by atoms with Gasteiger partial charge in [-0.05, 0) is 36.2 Å². The highest BCUT2D eigenvalue weighted by Crippen LogP contribution is 2.19. The molecule has 0 aromatic heterocycles. The average molecular weight is 270 g/mol. The van der Waals surface area contributed by atoms with Crippen molar-refractivity contribution >= 4 is 5.69 Å². The smallest absolute Gasteiger partial charge is 0.126 e. The molecular formula is C16H15FN2O. The highest BCUT2D eigenvalue weighted by molar-refractivity contribution is 5.57. The van der Waals surface area contributed by atoms with Crippen LogP contribution in [0.3, 0.4) is 0 Å². The van der Waals surface area contributed by atoms with Gasteiger partial charge >= 0.3 is 0 Å². The van der Waals surface area contributed by atoms with E-state index in [0.717, 1.165) is 0 Å². The zero-order chi connectivity index (χ0) is 14.5. The molecule has 1 atom stereocenters. The molecule has 2 rings (SSSR count). The SMILES string of the molecule is Cc1cc(C(O)CNc2ccccc2C#N)ccc1F. The van der Waals surface area contributed by atoms with Crippen LogP contribution in [0.5, 0.6) is 0 Å². The number of rotatable bonds is 4. The van der Waals surface area contributed by atoms with Gasteiger partial charge in [0.1, 0.15) is 11.9 Å². The fraction of sp³-hybridized carbons (Fsp3) is 0.188. The minimum atomic E-state index is -0.763. The van der Waals surface area contributed by atoms with E-state index in [1.54, 1.807) is 37.3 Å². The summed E-state index contributed by atoms with van der Waals surface area (Å²) in [7, 11) is 0. The Balaban J connectivity index is 2.07. The molecule has 0 aliphatic rings. The molecule has 1 unspecified atom stereocenters. The number of benzene rings is 2. The number of para-hydroxylation sites is 1. The summed E-state index contributed by atoms with van der Waals surface area (Å²) in [6.07, 6.45) is -0.763. The lowest BCUT2D eigenvalue weighted by molar-refractivity contribution is 0.191. The van der Waals surface area contributed by atoms with E-state index in [2.05, 4.69) is 11.4 Å². The van der Waals surface area contributed by atoms with Crippen LogP contribution in [0.15, 0.2) is 42.5 Å². The van der Waals surface area contributed by atoms with E-state index in [1.165, 1.54) is 6.07 Å². The number of hydrogen-bond acceptors (Lipinski definition) is 3. The summed E-state index contributed by atoms with van der Waals surface area (Å²) < 4.78 is 13.2. The van der Waals surface area contributed by atoms with Crippen LogP contribution in [0.1, 0.15) is 22.8 Å². The van der Waals surface area contributed by atoms with Crippen LogP contribution >= 0.6 is 0 Å². The topological polar surface area (TPSA) is 56.0 Å². The Morgan fingerprint density at radius 3 is 2.75 bits per heavy atom. The van der Waals surface area contributed by atoms with Crippen molar-refractivity contribution in [2.24, 2.45) is 0 Å². The van der Waals surface area contributed by atoms with Gasteiger partial charge in [0.25, 0.3) is 0 Å². The van der Waals surface area contributed by atoms with E-state index < -0.39 is 6.10 Å². The predicted octanol–water partition coefficient (Wildman–Crippen LogP) is 3.15. The lowest BCUT2D eigenvalue weighted by Crippen LogP contribution is -2.13. The van der Waals surface area contributed by atoms with Gasteiger partial charge in [-0.15, -0.1) is 0 Å². The van der Waals surface area contributed by atoms with Crippen LogP contribution in [0.4, 0.5) is 10.1 Å². The van der Waals surface area contributed by atoms with Crippen LogP contribution in [-0.2, 0) is 0 Å². The lowest BCUT2D eigenvalue weighted by Gasteiger charge is -2.14. The van der Waals surface area contributed by atoms with Crippen molar-refractivity contribution < 1.29 is 9.50 Å². The Labute approximate surface area is 117 Å². The highest BCUT2D eigenvalue weighted by atomic mass is 19.1. The molecule has 4 heteroatoms. The molecule has 3 nitrogen and oxygen atoms in total. The van der Waals surface area contributed by atoms with E-state index in [9.17, 15) is 9.50 Å². The Bertz CT molecular complexity index is 649. The first-order chi connectivity index (χ1) is 9.61. The summed E-state index contributed by atoms with van der Waals surface area (Å²) in [5, 5.41) is 22.1. The van der Waals surface area contributed by atoms with E-state index in [-0.39, 0.29) is 12.4 Å². The molecule has 0 saturated carbocycles. The molecule has 0 spiro atoms.